The topological polar surface area (TPSA) is 101 Å². The van der Waals surface area contributed by atoms with Crippen molar-refractivity contribution in [2.24, 2.45) is 0 Å². The maximum absolute atomic E-state index is 13.7. The third kappa shape index (κ3) is 9.51. The van der Waals surface area contributed by atoms with Crippen LogP contribution in [0.3, 0.4) is 0 Å². The summed E-state index contributed by atoms with van der Waals surface area (Å²) in [6, 6.07) is 16.0. The molecule has 6 nitrogen and oxygen atoms in total. The normalized spacial score (nSPS) is 14.7. The van der Waals surface area contributed by atoms with Gasteiger partial charge < -0.3 is 14.9 Å². The zero-order valence-corrected chi connectivity index (χ0v) is 33.2. The number of esters is 1. The summed E-state index contributed by atoms with van der Waals surface area (Å²) in [6.07, 6.45) is 1.87. The van der Waals surface area contributed by atoms with E-state index < -0.39 is 21.4 Å². The molecule has 3 aromatic carbocycles. The third-order valence-corrected chi connectivity index (χ3v) is 11.6. The van der Waals surface area contributed by atoms with E-state index in [1.807, 2.05) is 79.7 Å². The van der Waals surface area contributed by atoms with Gasteiger partial charge in [0.1, 0.15) is 11.7 Å². The second-order valence-corrected chi connectivity index (χ2v) is 17.1. The molecule has 1 unspecified atom stereocenters. The lowest BCUT2D eigenvalue weighted by atomic mass is 9.82. The first-order valence-corrected chi connectivity index (χ1v) is 19.1. The molecular weight excluding hydrogens is 665 g/mol. The minimum atomic E-state index is -0.940. The van der Waals surface area contributed by atoms with Crippen molar-refractivity contribution in [1.82, 2.24) is 0 Å². The standard InChI is InChI=1S/C26H34O4S.C16H20O2S/c1-7-19-13-17(3)22(18(4)14-19)23(25(29)30-8-2)24(28)26(5,6)31-16-21-11-9-20(15-27)10-12-21;1-6-11-7-9(2)12(10(3)8-11)13-14(17)16(4,5)19-15(13)18/h9-14,23,27H,7-8,15-16H2,1-6H3;7-8,17H,6H2,1-5H3. The highest BCUT2D eigenvalue weighted by Gasteiger charge is 2.42. The Kier molecular flexibility index (Phi) is 14.2. The summed E-state index contributed by atoms with van der Waals surface area (Å²) in [7, 11) is 0. The second-order valence-electron chi connectivity index (χ2n) is 13.9. The van der Waals surface area contributed by atoms with Crippen molar-refractivity contribution in [3.63, 3.8) is 0 Å². The fourth-order valence-electron chi connectivity index (χ4n) is 6.33. The Morgan fingerprint density at radius 1 is 0.840 bits per heavy atom. The molecule has 1 heterocycles. The molecule has 0 saturated carbocycles. The molecule has 0 spiro atoms. The van der Waals surface area contributed by atoms with Crippen LogP contribution >= 0.6 is 23.5 Å². The maximum Gasteiger partial charge on any atom is 0.321 e. The summed E-state index contributed by atoms with van der Waals surface area (Å²) in [6.45, 7) is 21.6. The monoisotopic (exact) mass is 718 g/mol. The number of aliphatic hydroxyl groups excluding tert-OH is 2. The molecule has 3 aromatic rings. The summed E-state index contributed by atoms with van der Waals surface area (Å²) in [5.74, 6) is -0.724. The lowest BCUT2D eigenvalue weighted by molar-refractivity contribution is -0.148. The van der Waals surface area contributed by atoms with Gasteiger partial charge in [0.2, 0.25) is 5.12 Å². The number of rotatable bonds is 12. The highest BCUT2D eigenvalue weighted by molar-refractivity contribution is 8.16. The SMILES string of the molecule is CCOC(=O)C(C(=O)C(C)(C)SCc1ccc(CO)cc1)c1c(C)cc(CC)cc1C.CCc1cc(C)c(C2=C(O)C(C)(C)SC2=O)c(C)c1. The Morgan fingerprint density at radius 3 is 1.74 bits per heavy atom. The van der Waals surface area contributed by atoms with Crippen LogP contribution in [0.1, 0.15) is 110 Å². The predicted molar refractivity (Wildman–Crippen MR) is 209 cm³/mol. The van der Waals surface area contributed by atoms with Crippen molar-refractivity contribution >= 4 is 46.0 Å². The number of ketones is 1. The molecule has 1 aliphatic rings. The fraction of sp³-hybridized carbons (Fsp3) is 0.452. The van der Waals surface area contributed by atoms with Crippen LogP contribution in [0.15, 0.2) is 54.3 Å². The van der Waals surface area contributed by atoms with Crippen LogP contribution in [0.25, 0.3) is 5.57 Å². The molecule has 0 radical (unpaired) electrons. The molecule has 50 heavy (non-hydrogen) atoms. The van der Waals surface area contributed by atoms with E-state index >= 15 is 0 Å². The van der Waals surface area contributed by atoms with Crippen LogP contribution in [0.2, 0.25) is 0 Å². The summed E-state index contributed by atoms with van der Waals surface area (Å²) < 4.78 is 4.04. The largest absolute Gasteiger partial charge is 0.510 e. The van der Waals surface area contributed by atoms with Crippen molar-refractivity contribution in [3.8, 4) is 0 Å². The average molecular weight is 719 g/mol. The number of benzene rings is 3. The first-order chi connectivity index (χ1) is 23.4. The Balaban J connectivity index is 0.000000303. The van der Waals surface area contributed by atoms with E-state index in [1.165, 1.54) is 34.7 Å². The van der Waals surface area contributed by atoms with Crippen LogP contribution in [-0.4, -0.2) is 43.2 Å². The van der Waals surface area contributed by atoms with Crippen LogP contribution in [0, 0.1) is 27.7 Å². The van der Waals surface area contributed by atoms with E-state index in [4.69, 9.17) is 4.74 Å². The quantitative estimate of drug-likeness (QED) is 0.141. The highest BCUT2D eigenvalue weighted by Crippen LogP contribution is 2.47. The van der Waals surface area contributed by atoms with Gasteiger partial charge in [0.05, 0.1) is 28.3 Å². The van der Waals surface area contributed by atoms with Gasteiger partial charge in [0, 0.05) is 5.75 Å². The molecular formula is C42H54O6S2. The number of ether oxygens (including phenoxy) is 1. The number of aliphatic hydroxyl groups is 2. The molecule has 270 valence electrons. The van der Waals surface area contributed by atoms with Crippen LogP contribution in [0.4, 0.5) is 0 Å². The minimum Gasteiger partial charge on any atom is -0.510 e. The number of hydrogen-bond donors (Lipinski definition) is 2. The zero-order valence-electron chi connectivity index (χ0n) is 31.6. The van der Waals surface area contributed by atoms with Crippen molar-refractivity contribution in [1.29, 1.82) is 0 Å². The zero-order chi connectivity index (χ0) is 37.6. The number of aryl methyl sites for hydroxylation is 6. The van der Waals surface area contributed by atoms with Gasteiger partial charge in [-0.1, -0.05) is 74.1 Å². The van der Waals surface area contributed by atoms with Gasteiger partial charge in [0.25, 0.3) is 0 Å². The highest BCUT2D eigenvalue weighted by atomic mass is 32.2. The summed E-state index contributed by atoms with van der Waals surface area (Å²) in [4.78, 5) is 38.9. The molecule has 2 N–H and O–H groups in total. The van der Waals surface area contributed by atoms with Crippen molar-refractivity contribution in [3.05, 3.63) is 110 Å². The van der Waals surface area contributed by atoms with Gasteiger partial charge >= 0.3 is 5.97 Å². The molecule has 0 saturated heterocycles. The van der Waals surface area contributed by atoms with Gasteiger partial charge in [-0.3, -0.25) is 14.4 Å². The first kappa shape index (κ1) is 41.1. The molecule has 0 aromatic heterocycles. The first-order valence-electron chi connectivity index (χ1n) is 17.3. The van der Waals surface area contributed by atoms with Crippen LogP contribution in [0.5, 0.6) is 0 Å². The number of thioether (sulfide) groups is 2. The Labute approximate surface area is 307 Å². The minimum absolute atomic E-state index is 0.00808. The Morgan fingerprint density at radius 2 is 1.32 bits per heavy atom. The summed E-state index contributed by atoms with van der Waals surface area (Å²) in [5.41, 5.74) is 10.5. The predicted octanol–water partition coefficient (Wildman–Crippen LogP) is 9.47. The number of hydrogen-bond acceptors (Lipinski definition) is 8. The molecule has 1 atom stereocenters. The molecule has 0 amide bonds. The Bertz CT molecular complexity index is 1700. The van der Waals surface area contributed by atoms with Gasteiger partial charge in [-0.05, 0) is 131 Å². The van der Waals surface area contributed by atoms with Gasteiger partial charge in [-0.25, -0.2) is 0 Å². The lowest BCUT2D eigenvalue weighted by Crippen LogP contribution is -2.38. The fourth-order valence-corrected chi connectivity index (χ4v) is 8.27. The lowest BCUT2D eigenvalue weighted by Gasteiger charge is -2.29. The average Bonchev–Trinajstić information content (AvgIpc) is 3.26. The second kappa shape index (κ2) is 17.3. The molecule has 1 aliphatic heterocycles. The number of Topliss-reactive ketones (excluding diaryl/α,β-unsaturated/α-hetero) is 1. The number of carbonyl (C=O) groups excluding carboxylic acids is 3. The van der Waals surface area contributed by atoms with Gasteiger partial charge in [-0.15, -0.1) is 11.8 Å². The maximum atomic E-state index is 13.7. The van der Waals surface area contributed by atoms with Gasteiger partial charge in [-0.2, -0.15) is 0 Å². The Hall–Kier alpha value is -3.33. The molecule has 8 heteroatoms. The molecule has 0 fully saturated rings. The van der Waals surface area contributed by atoms with Crippen molar-refractivity contribution in [2.45, 2.75) is 117 Å². The molecule has 0 bridgehead atoms. The summed E-state index contributed by atoms with van der Waals surface area (Å²) in [5, 5.41) is 19.5. The van der Waals surface area contributed by atoms with Crippen molar-refractivity contribution < 1.29 is 29.3 Å². The van der Waals surface area contributed by atoms with Crippen LogP contribution in [-0.2, 0) is 44.3 Å². The number of carbonyl (C=O) groups is 3. The van der Waals surface area contributed by atoms with E-state index in [-0.39, 0.29) is 29.9 Å². The summed E-state index contributed by atoms with van der Waals surface area (Å²) >= 11 is 2.71. The van der Waals surface area contributed by atoms with E-state index in [0.29, 0.717) is 11.3 Å². The van der Waals surface area contributed by atoms with Crippen LogP contribution < -0.4 is 0 Å². The molecule has 4 rings (SSSR count). The van der Waals surface area contributed by atoms with E-state index in [9.17, 15) is 24.6 Å². The van der Waals surface area contributed by atoms with Gasteiger partial charge in [0.15, 0.2) is 5.78 Å². The molecule has 0 aliphatic carbocycles. The third-order valence-electron chi connectivity index (χ3n) is 9.14. The van der Waals surface area contributed by atoms with E-state index in [1.54, 1.807) is 6.92 Å². The van der Waals surface area contributed by atoms with E-state index in [2.05, 4.69) is 38.1 Å². The smallest absolute Gasteiger partial charge is 0.321 e. The van der Waals surface area contributed by atoms with E-state index in [0.717, 1.165) is 57.3 Å². The van der Waals surface area contributed by atoms with Crippen molar-refractivity contribution in [2.75, 3.05) is 6.61 Å².